The predicted molar refractivity (Wildman–Crippen MR) is 161 cm³/mol. The standard InChI is InChI=1S/C31H32N8O5/c1-3-17(15-20-16-34-26-24(35-20)25(32)37-31(33)38-26)18-10-12-19(13-11-18)27(40)36-23(30(43)44-2)9-6-14-39-28(41)21-7-4-5-8-22(21)29(39)42/h4-5,7-8,10-13,16-17,23H,3,6,9,14-15H2,1-2H3,(H,36,40)(H4,32,33,34,37,38). The molecule has 5 rings (SSSR count). The molecule has 2 aromatic heterocycles. The van der Waals surface area contributed by atoms with Gasteiger partial charge in [-0.15, -0.1) is 0 Å². The Morgan fingerprint density at radius 3 is 2.30 bits per heavy atom. The molecular weight excluding hydrogens is 564 g/mol. The van der Waals surface area contributed by atoms with Gasteiger partial charge in [0.2, 0.25) is 5.95 Å². The van der Waals surface area contributed by atoms with Crippen LogP contribution in [0.25, 0.3) is 11.2 Å². The molecule has 3 heterocycles. The average Bonchev–Trinajstić information content (AvgIpc) is 3.27. The molecule has 0 fully saturated rings. The molecule has 13 nitrogen and oxygen atoms in total. The molecule has 0 saturated carbocycles. The van der Waals surface area contributed by atoms with Crippen LogP contribution in [0, 0.1) is 0 Å². The second-order valence-corrected chi connectivity index (χ2v) is 10.4. The fraction of sp³-hybridized carbons (Fsp3) is 0.290. The van der Waals surface area contributed by atoms with Gasteiger partial charge >= 0.3 is 5.97 Å². The molecule has 44 heavy (non-hydrogen) atoms. The van der Waals surface area contributed by atoms with Gasteiger partial charge in [-0.25, -0.2) is 14.8 Å². The third kappa shape index (κ3) is 6.16. The summed E-state index contributed by atoms with van der Waals surface area (Å²) in [5.41, 5.74) is 15.1. The molecule has 0 spiro atoms. The van der Waals surface area contributed by atoms with Crippen LogP contribution in [0.5, 0.6) is 0 Å². The Hall–Kier alpha value is -5.46. The highest BCUT2D eigenvalue weighted by molar-refractivity contribution is 6.21. The molecule has 226 valence electrons. The highest BCUT2D eigenvalue weighted by Gasteiger charge is 2.35. The van der Waals surface area contributed by atoms with Crippen LogP contribution in [0.1, 0.15) is 74.4 Å². The van der Waals surface area contributed by atoms with Crippen LogP contribution in [0.15, 0.2) is 54.7 Å². The van der Waals surface area contributed by atoms with Gasteiger partial charge in [-0.2, -0.15) is 9.97 Å². The van der Waals surface area contributed by atoms with Gasteiger partial charge in [-0.1, -0.05) is 31.2 Å². The van der Waals surface area contributed by atoms with Gasteiger partial charge in [0.1, 0.15) is 6.04 Å². The molecule has 5 N–H and O–H groups in total. The maximum atomic E-state index is 13.1. The number of carbonyl (C=O) groups excluding carboxylic acids is 4. The lowest BCUT2D eigenvalue weighted by Crippen LogP contribution is -2.42. The summed E-state index contributed by atoms with van der Waals surface area (Å²) in [7, 11) is 1.24. The maximum absolute atomic E-state index is 13.1. The number of rotatable bonds is 11. The summed E-state index contributed by atoms with van der Waals surface area (Å²) in [6.45, 7) is 2.17. The summed E-state index contributed by atoms with van der Waals surface area (Å²) in [5, 5.41) is 2.73. The number of hydrogen-bond acceptors (Lipinski definition) is 11. The molecule has 13 heteroatoms. The quantitative estimate of drug-likeness (QED) is 0.170. The molecule has 0 bridgehead atoms. The minimum absolute atomic E-state index is 0.0342. The normalized spacial score (nSPS) is 13.9. The molecule has 3 amide bonds. The van der Waals surface area contributed by atoms with E-state index in [9.17, 15) is 19.2 Å². The van der Waals surface area contributed by atoms with Crippen molar-refractivity contribution in [3.8, 4) is 0 Å². The fourth-order valence-electron chi connectivity index (χ4n) is 5.27. The number of imide groups is 1. The summed E-state index contributed by atoms with van der Waals surface area (Å²) in [4.78, 5) is 68.9. The molecule has 0 saturated heterocycles. The number of benzene rings is 2. The Kier molecular flexibility index (Phi) is 8.74. The number of fused-ring (bicyclic) bond motifs is 2. The number of amides is 3. The van der Waals surface area contributed by atoms with E-state index in [1.807, 2.05) is 12.1 Å². The molecule has 1 aliphatic heterocycles. The smallest absolute Gasteiger partial charge is 0.328 e. The van der Waals surface area contributed by atoms with E-state index in [4.69, 9.17) is 16.2 Å². The highest BCUT2D eigenvalue weighted by atomic mass is 16.5. The number of carbonyl (C=O) groups is 4. The molecule has 2 unspecified atom stereocenters. The van der Waals surface area contributed by atoms with E-state index in [1.54, 1.807) is 42.6 Å². The summed E-state index contributed by atoms with van der Waals surface area (Å²) in [6, 6.07) is 12.8. The second kappa shape index (κ2) is 12.8. The van der Waals surface area contributed by atoms with Crippen molar-refractivity contribution in [1.29, 1.82) is 0 Å². The first kappa shape index (κ1) is 30.0. The zero-order valence-corrected chi connectivity index (χ0v) is 24.3. The lowest BCUT2D eigenvalue weighted by Gasteiger charge is -2.19. The van der Waals surface area contributed by atoms with E-state index >= 15 is 0 Å². The monoisotopic (exact) mass is 596 g/mol. The van der Waals surface area contributed by atoms with Crippen LogP contribution in [0.2, 0.25) is 0 Å². The van der Waals surface area contributed by atoms with E-state index in [-0.39, 0.29) is 42.5 Å². The van der Waals surface area contributed by atoms with Gasteiger partial charge in [-0.05, 0) is 61.4 Å². The number of nitrogens with one attached hydrogen (secondary N) is 1. The lowest BCUT2D eigenvalue weighted by atomic mass is 9.91. The summed E-state index contributed by atoms with van der Waals surface area (Å²) >= 11 is 0. The number of esters is 1. The minimum Gasteiger partial charge on any atom is -0.467 e. The summed E-state index contributed by atoms with van der Waals surface area (Å²) in [6.07, 6.45) is 3.49. The number of anilines is 2. The zero-order chi connectivity index (χ0) is 31.4. The van der Waals surface area contributed by atoms with E-state index in [2.05, 4.69) is 32.2 Å². The van der Waals surface area contributed by atoms with Crippen molar-refractivity contribution in [3.05, 3.63) is 82.7 Å². The summed E-state index contributed by atoms with van der Waals surface area (Å²) in [5.74, 6) is -1.52. The first-order chi connectivity index (χ1) is 21.2. The zero-order valence-electron chi connectivity index (χ0n) is 24.3. The Bertz CT molecular complexity index is 1710. The third-order valence-corrected chi connectivity index (χ3v) is 7.64. The molecule has 0 aliphatic carbocycles. The van der Waals surface area contributed by atoms with Crippen molar-refractivity contribution in [2.24, 2.45) is 0 Å². The number of hydrogen-bond donors (Lipinski definition) is 3. The summed E-state index contributed by atoms with van der Waals surface area (Å²) < 4.78 is 4.89. The Balaban J connectivity index is 1.21. The van der Waals surface area contributed by atoms with Crippen LogP contribution in [-0.4, -0.2) is 68.2 Å². The third-order valence-electron chi connectivity index (χ3n) is 7.64. The Morgan fingerprint density at radius 1 is 0.977 bits per heavy atom. The number of methoxy groups -OCH3 is 1. The van der Waals surface area contributed by atoms with Gasteiger partial charge in [-0.3, -0.25) is 19.3 Å². The number of ether oxygens (including phenoxy) is 1. The van der Waals surface area contributed by atoms with Gasteiger partial charge in [0.05, 0.1) is 30.1 Å². The molecule has 1 aliphatic rings. The molecule has 2 aromatic carbocycles. The van der Waals surface area contributed by atoms with Crippen LogP contribution in [-0.2, 0) is 16.0 Å². The molecular formula is C31H32N8O5. The average molecular weight is 597 g/mol. The van der Waals surface area contributed by atoms with Crippen LogP contribution in [0.4, 0.5) is 11.8 Å². The van der Waals surface area contributed by atoms with Crippen LogP contribution in [0.3, 0.4) is 0 Å². The second-order valence-electron chi connectivity index (χ2n) is 10.4. The van der Waals surface area contributed by atoms with Gasteiger partial charge < -0.3 is 21.5 Å². The number of nitrogen functional groups attached to an aromatic ring is 2. The van der Waals surface area contributed by atoms with Crippen molar-refractivity contribution >= 4 is 46.6 Å². The van der Waals surface area contributed by atoms with Crippen molar-refractivity contribution in [1.82, 2.24) is 30.2 Å². The van der Waals surface area contributed by atoms with Crippen molar-refractivity contribution < 1.29 is 23.9 Å². The van der Waals surface area contributed by atoms with E-state index in [1.165, 1.54) is 7.11 Å². The van der Waals surface area contributed by atoms with Gasteiger partial charge in [0.15, 0.2) is 17.0 Å². The van der Waals surface area contributed by atoms with Crippen LogP contribution < -0.4 is 16.8 Å². The largest absolute Gasteiger partial charge is 0.467 e. The maximum Gasteiger partial charge on any atom is 0.328 e. The molecule has 0 radical (unpaired) electrons. The highest BCUT2D eigenvalue weighted by Crippen LogP contribution is 2.26. The fourth-order valence-corrected chi connectivity index (χ4v) is 5.27. The number of aromatic nitrogens is 4. The van der Waals surface area contributed by atoms with Crippen LogP contribution >= 0.6 is 0 Å². The molecule has 2 atom stereocenters. The molecule has 4 aromatic rings. The Morgan fingerprint density at radius 2 is 1.66 bits per heavy atom. The number of nitrogens with zero attached hydrogens (tertiary/aromatic N) is 5. The van der Waals surface area contributed by atoms with E-state index in [0.717, 1.165) is 16.9 Å². The first-order valence-electron chi connectivity index (χ1n) is 14.2. The van der Waals surface area contributed by atoms with Crippen molar-refractivity contribution in [2.45, 2.75) is 44.6 Å². The number of nitrogens with two attached hydrogens (primary N) is 2. The lowest BCUT2D eigenvalue weighted by molar-refractivity contribution is -0.143. The van der Waals surface area contributed by atoms with Crippen molar-refractivity contribution in [3.63, 3.8) is 0 Å². The van der Waals surface area contributed by atoms with Crippen molar-refractivity contribution in [2.75, 3.05) is 25.1 Å². The van der Waals surface area contributed by atoms with E-state index < -0.39 is 17.9 Å². The minimum atomic E-state index is -0.955. The predicted octanol–water partition coefficient (Wildman–Crippen LogP) is 2.67. The first-order valence-corrected chi connectivity index (χ1v) is 14.2. The van der Waals surface area contributed by atoms with E-state index in [0.29, 0.717) is 46.4 Å². The topological polar surface area (TPSA) is 196 Å². The SMILES string of the molecule is CCC(Cc1cnc2nc(N)nc(N)c2n1)c1ccc(C(=O)NC(CCCN2C(=O)c3ccccc3C2=O)C(=O)OC)cc1. The van der Waals surface area contributed by atoms with Gasteiger partial charge in [0, 0.05) is 12.1 Å². The van der Waals surface area contributed by atoms with Gasteiger partial charge in [0.25, 0.3) is 17.7 Å². The Labute approximate surface area is 253 Å².